The third-order valence-corrected chi connectivity index (χ3v) is 3.62. The lowest BCUT2D eigenvalue weighted by Gasteiger charge is -2.21. The predicted octanol–water partition coefficient (Wildman–Crippen LogP) is 1.15. The second-order valence-corrected chi connectivity index (χ2v) is 4.69. The first-order valence-corrected chi connectivity index (χ1v) is 6.21. The van der Waals surface area contributed by atoms with Crippen molar-refractivity contribution in [3.8, 4) is 0 Å². The first-order valence-electron chi connectivity index (χ1n) is 6.21. The summed E-state index contributed by atoms with van der Waals surface area (Å²) in [4.78, 5) is 11.1. The molecule has 2 aliphatic rings. The van der Waals surface area contributed by atoms with E-state index in [2.05, 4.69) is 20.2 Å². The fourth-order valence-electron chi connectivity index (χ4n) is 2.74. The average molecular weight is 218 g/mol. The minimum absolute atomic E-state index is 0.608. The fraction of sp³-hybridized carbons (Fsp3) is 0.667. The van der Waals surface area contributed by atoms with Crippen LogP contribution in [-0.2, 0) is 0 Å². The van der Waals surface area contributed by atoms with Crippen LogP contribution in [0.2, 0.25) is 0 Å². The lowest BCUT2D eigenvalue weighted by molar-refractivity contribution is 0.742. The van der Waals surface area contributed by atoms with E-state index in [-0.39, 0.29) is 0 Å². The Kier molecular flexibility index (Phi) is 2.74. The molecule has 0 amide bonds. The van der Waals surface area contributed by atoms with Gasteiger partial charge in [0.25, 0.3) is 0 Å². The second kappa shape index (κ2) is 4.37. The van der Waals surface area contributed by atoms with Gasteiger partial charge in [0.05, 0.1) is 0 Å². The van der Waals surface area contributed by atoms with Crippen molar-refractivity contribution in [1.82, 2.24) is 15.3 Å². The molecule has 1 aromatic rings. The van der Waals surface area contributed by atoms with Gasteiger partial charge in [-0.25, -0.2) is 9.97 Å². The molecule has 86 valence electrons. The number of anilines is 1. The molecule has 3 heterocycles. The normalized spacial score (nSPS) is 25.2. The summed E-state index contributed by atoms with van der Waals surface area (Å²) in [6.45, 7) is 4.52. The third-order valence-electron chi connectivity index (χ3n) is 3.62. The van der Waals surface area contributed by atoms with Gasteiger partial charge in [0.2, 0.25) is 0 Å². The van der Waals surface area contributed by atoms with Gasteiger partial charge in [-0.3, -0.25) is 0 Å². The van der Waals surface area contributed by atoms with Crippen molar-refractivity contribution in [1.29, 1.82) is 0 Å². The Hall–Kier alpha value is -1.16. The molecule has 2 saturated heterocycles. The van der Waals surface area contributed by atoms with E-state index in [0.717, 1.165) is 26.2 Å². The number of hydrogen-bond donors (Lipinski definition) is 1. The summed E-state index contributed by atoms with van der Waals surface area (Å²) in [7, 11) is 0. The van der Waals surface area contributed by atoms with Gasteiger partial charge < -0.3 is 10.2 Å². The molecule has 1 aromatic heterocycles. The minimum atomic E-state index is 0.608. The first kappa shape index (κ1) is 10.0. The highest BCUT2D eigenvalue weighted by Crippen LogP contribution is 2.30. The zero-order valence-electron chi connectivity index (χ0n) is 9.52. The van der Waals surface area contributed by atoms with Crippen molar-refractivity contribution in [2.24, 2.45) is 0 Å². The van der Waals surface area contributed by atoms with E-state index in [0.29, 0.717) is 5.92 Å². The SMILES string of the molecule is c1ncc(C2CCNC2)c(N2CCCC2)n1. The first-order chi connectivity index (χ1) is 7.95. The average Bonchev–Trinajstić information content (AvgIpc) is 3.03. The molecule has 1 unspecified atom stereocenters. The van der Waals surface area contributed by atoms with Gasteiger partial charge in [-0.2, -0.15) is 0 Å². The molecule has 4 nitrogen and oxygen atoms in total. The van der Waals surface area contributed by atoms with Crippen LogP contribution in [0.4, 0.5) is 5.82 Å². The highest BCUT2D eigenvalue weighted by molar-refractivity contribution is 5.48. The summed E-state index contributed by atoms with van der Waals surface area (Å²) in [5, 5.41) is 3.41. The second-order valence-electron chi connectivity index (χ2n) is 4.69. The van der Waals surface area contributed by atoms with Crippen LogP contribution in [0.15, 0.2) is 12.5 Å². The molecule has 0 saturated carbocycles. The van der Waals surface area contributed by atoms with Gasteiger partial charge >= 0.3 is 0 Å². The number of nitrogens with one attached hydrogen (secondary N) is 1. The molecule has 3 rings (SSSR count). The monoisotopic (exact) mass is 218 g/mol. The van der Waals surface area contributed by atoms with Gasteiger partial charge in [0.15, 0.2) is 0 Å². The summed E-state index contributed by atoms with van der Waals surface area (Å²) in [6, 6.07) is 0. The van der Waals surface area contributed by atoms with E-state index in [4.69, 9.17) is 0 Å². The van der Waals surface area contributed by atoms with Crippen molar-refractivity contribution in [2.45, 2.75) is 25.2 Å². The quantitative estimate of drug-likeness (QED) is 0.808. The number of nitrogens with zero attached hydrogens (tertiary/aromatic N) is 3. The third kappa shape index (κ3) is 1.78. The molecule has 0 spiro atoms. The van der Waals surface area contributed by atoms with Gasteiger partial charge in [-0.05, 0) is 25.8 Å². The Morgan fingerprint density at radius 1 is 1.31 bits per heavy atom. The van der Waals surface area contributed by atoms with E-state index in [1.807, 2.05) is 6.20 Å². The zero-order chi connectivity index (χ0) is 10.8. The van der Waals surface area contributed by atoms with Crippen LogP contribution >= 0.6 is 0 Å². The number of aromatic nitrogens is 2. The molecule has 2 fully saturated rings. The lowest BCUT2D eigenvalue weighted by Crippen LogP contribution is -2.22. The van der Waals surface area contributed by atoms with Crippen molar-refractivity contribution in [3.63, 3.8) is 0 Å². The van der Waals surface area contributed by atoms with E-state index in [9.17, 15) is 0 Å². The Bertz CT molecular complexity index is 319. The molecule has 0 aliphatic carbocycles. The molecule has 0 bridgehead atoms. The van der Waals surface area contributed by atoms with E-state index in [1.165, 1.54) is 30.6 Å². The maximum absolute atomic E-state index is 4.49. The molecule has 1 atom stereocenters. The Labute approximate surface area is 96.1 Å². The van der Waals surface area contributed by atoms with E-state index < -0.39 is 0 Å². The summed E-state index contributed by atoms with van der Waals surface area (Å²) in [5.74, 6) is 1.79. The highest BCUT2D eigenvalue weighted by Gasteiger charge is 2.24. The topological polar surface area (TPSA) is 41.1 Å². The molecular formula is C12H18N4. The summed E-state index contributed by atoms with van der Waals surface area (Å²) < 4.78 is 0. The van der Waals surface area contributed by atoms with Crippen LogP contribution in [-0.4, -0.2) is 36.1 Å². The largest absolute Gasteiger partial charge is 0.356 e. The summed E-state index contributed by atoms with van der Waals surface area (Å²) >= 11 is 0. The van der Waals surface area contributed by atoms with E-state index >= 15 is 0 Å². The predicted molar refractivity (Wildman–Crippen MR) is 63.7 cm³/mol. The maximum Gasteiger partial charge on any atom is 0.135 e. The Morgan fingerprint density at radius 3 is 2.94 bits per heavy atom. The van der Waals surface area contributed by atoms with Crippen molar-refractivity contribution in [3.05, 3.63) is 18.1 Å². The van der Waals surface area contributed by atoms with Crippen LogP contribution in [0.5, 0.6) is 0 Å². The van der Waals surface area contributed by atoms with Crippen LogP contribution in [0, 0.1) is 0 Å². The van der Waals surface area contributed by atoms with Gasteiger partial charge in [-0.15, -0.1) is 0 Å². The zero-order valence-corrected chi connectivity index (χ0v) is 9.52. The minimum Gasteiger partial charge on any atom is -0.356 e. The van der Waals surface area contributed by atoms with Crippen LogP contribution < -0.4 is 10.2 Å². The lowest BCUT2D eigenvalue weighted by atomic mass is 10.0. The van der Waals surface area contributed by atoms with Crippen molar-refractivity contribution in [2.75, 3.05) is 31.1 Å². The molecule has 4 heteroatoms. The molecule has 1 N–H and O–H groups in total. The Morgan fingerprint density at radius 2 is 2.19 bits per heavy atom. The Balaban J connectivity index is 1.90. The van der Waals surface area contributed by atoms with Crippen LogP contribution in [0.3, 0.4) is 0 Å². The maximum atomic E-state index is 4.49. The summed E-state index contributed by atoms with van der Waals surface area (Å²) in [5.41, 5.74) is 1.34. The molecule has 0 aromatic carbocycles. The van der Waals surface area contributed by atoms with Gasteiger partial charge in [0.1, 0.15) is 12.1 Å². The smallest absolute Gasteiger partial charge is 0.135 e. The standard InChI is InChI=1S/C12H18N4/c1-2-6-16(5-1)12-11(8-14-9-15-12)10-3-4-13-7-10/h8-10,13H,1-7H2. The van der Waals surface area contributed by atoms with Gasteiger partial charge in [0, 0.05) is 37.3 Å². The van der Waals surface area contributed by atoms with E-state index in [1.54, 1.807) is 6.33 Å². The van der Waals surface area contributed by atoms with Crippen LogP contribution in [0.1, 0.15) is 30.7 Å². The highest BCUT2D eigenvalue weighted by atomic mass is 15.2. The van der Waals surface area contributed by atoms with Crippen molar-refractivity contribution >= 4 is 5.82 Å². The number of rotatable bonds is 2. The molecular weight excluding hydrogens is 200 g/mol. The number of hydrogen-bond acceptors (Lipinski definition) is 4. The molecule has 16 heavy (non-hydrogen) atoms. The van der Waals surface area contributed by atoms with Crippen LogP contribution in [0.25, 0.3) is 0 Å². The molecule has 2 aliphatic heterocycles. The molecule has 0 radical (unpaired) electrons. The van der Waals surface area contributed by atoms with Crippen molar-refractivity contribution < 1.29 is 0 Å². The fourth-order valence-corrected chi connectivity index (χ4v) is 2.74. The van der Waals surface area contributed by atoms with Gasteiger partial charge in [-0.1, -0.05) is 0 Å². The summed E-state index contributed by atoms with van der Waals surface area (Å²) in [6.07, 6.45) is 7.50.